The van der Waals surface area contributed by atoms with Gasteiger partial charge in [0.15, 0.2) is 0 Å². The minimum atomic E-state index is 0.685. The zero-order chi connectivity index (χ0) is 10.4. The van der Waals surface area contributed by atoms with Gasteiger partial charge in [0, 0.05) is 12.6 Å². The van der Waals surface area contributed by atoms with Gasteiger partial charge >= 0.3 is 0 Å². The Kier molecular flexibility index (Phi) is 5.49. The zero-order valence-electron chi connectivity index (χ0n) is 9.88. The molecule has 1 aliphatic heterocycles. The highest BCUT2D eigenvalue weighted by atomic mass is 16.5. The van der Waals surface area contributed by atoms with Crippen molar-refractivity contribution in [3.05, 3.63) is 0 Å². The van der Waals surface area contributed by atoms with Crippen molar-refractivity contribution in [3.63, 3.8) is 0 Å². The van der Waals surface area contributed by atoms with Gasteiger partial charge in [0.2, 0.25) is 0 Å². The summed E-state index contributed by atoms with van der Waals surface area (Å²) in [6, 6.07) is 0.685. The molecule has 0 bridgehead atoms. The van der Waals surface area contributed by atoms with Crippen LogP contribution in [0.1, 0.15) is 40.0 Å². The van der Waals surface area contributed by atoms with Gasteiger partial charge < -0.3 is 10.1 Å². The van der Waals surface area contributed by atoms with E-state index in [1.807, 2.05) is 0 Å². The van der Waals surface area contributed by atoms with E-state index in [1.54, 1.807) is 0 Å². The molecule has 0 radical (unpaired) electrons. The first kappa shape index (κ1) is 12.0. The van der Waals surface area contributed by atoms with E-state index in [-0.39, 0.29) is 0 Å². The number of ether oxygens (including phenoxy) is 1. The van der Waals surface area contributed by atoms with E-state index in [4.69, 9.17) is 4.74 Å². The average molecular weight is 199 g/mol. The summed E-state index contributed by atoms with van der Waals surface area (Å²) in [6.07, 6.45) is 3.88. The van der Waals surface area contributed by atoms with Crippen LogP contribution in [-0.4, -0.2) is 25.8 Å². The molecule has 0 aromatic rings. The Balaban J connectivity index is 2.29. The lowest BCUT2D eigenvalue weighted by molar-refractivity contribution is 0.174. The maximum Gasteiger partial charge on any atom is 0.0510 e. The molecule has 1 heterocycles. The van der Waals surface area contributed by atoms with E-state index in [1.165, 1.54) is 19.3 Å². The molecule has 2 nitrogen and oxygen atoms in total. The second-order valence-corrected chi connectivity index (χ2v) is 4.76. The molecule has 0 aromatic carbocycles. The predicted octanol–water partition coefficient (Wildman–Crippen LogP) is 2.44. The number of nitrogens with one attached hydrogen (secondary N) is 1. The largest absolute Gasteiger partial charge is 0.381 e. The van der Waals surface area contributed by atoms with Gasteiger partial charge in [0.25, 0.3) is 0 Å². The predicted molar refractivity (Wildman–Crippen MR) is 60.5 cm³/mol. The van der Waals surface area contributed by atoms with Gasteiger partial charge in [-0.1, -0.05) is 20.8 Å². The fraction of sp³-hybridized carbons (Fsp3) is 1.00. The van der Waals surface area contributed by atoms with Crippen LogP contribution in [0.5, 0.6) is 0 Å². The van der Waals surface area contributed by atoms with Gasteiger partial charge in [-0.05, 0) is 37.6 Å². The van der Waals surface area contributed by atoms with Gasteiger partial charge in [-0.2, -0.15) is 0 Å². The van der Waals surface area contributed by atoms with Crippen molar-refractivity contribution in [3.8, 4) is 0 Å². The summed E-state index contributed by atoms with van der Waals surface area (Å²) in [5, 5.41) is 3.60. The van der Waals surface area contributed by atoms with E-state index in [0.29, 0.717) is 6.04 Å². The molecule has 1 N–H and O–H groups in total. The van der Waals surface area contributed by atoms with Gasteiger partial charge in [-0.3, -0.25) is 0 Å². The van der Waals surface area contributed by atoms with Crippen molar-refractivity contribution in [2.24, 2.45) is 11.8 Å². The van der Waals surface area contributed by atoms with Crippen LogP contribution >= 0.6 is 0 Å². The summed E-state index contributed by atoms with van der Waals surface area (Å²) < 4.78 is 5.45. The smallest absolute Gasteiger partial charge is 0.0510 e. The summed E-state index contributed by atoms with van der Waals surface area (Å²) in [5.41, 5.74) is 0. The highest BCUT2D eigenvalue weighted by Crippen LogP contribution is 2.21. The van der Waals surface area contributed by atoms with Crippen LogP contribution in [0.3, 0.4) is 0 Å². The van der Waals surface area contributed by atoms with Crippen LogP contribution in [-0.2, 0) is 4.74 Å². The minimum absolute atomic E-state index is 0.685. The van der Waals surface area contributed by atoms with Gasteiger partial charge in [-0.25, -0.2) is 0 Å². The third-order valence-corrected chi connectivity index (χ3v) is 3.06. The first-order valence-electron chi connectivity index (χ1n) is 6.05. The SMILES string of the molecule is CCNC(CCC(C)C)C1CCOC1. The van der Waals surface area contributed by atoms with Crippen molar-refractivity contribution in [1.29, 1.82) is 0 Å². The fourth-order valence-electron chi connectivity index (χ4n) is 2.15. The standard InChI is InChI=1S/C12H25NO/c1-4-13-12(6-5-10(2)3)11-7-8-14-9-11/h10-13H,4-9H2,1-3H3. The first-order chi connectivity index (χ1) is 6.74. The van der Waals surface area contributed by atoms with Crippen molar-refractivity contribution < 1.29 is 4.74 Å². The van der Waals surface area contributed by atoms with Gasteiger partial charge in [0.1, 0.15) is 0 Å². The van der Waals surface area contributed by atoms with Crippen LogP contribution < -0.4 is 5.32 Å². The Morgan fingerprint density at radius 3 is 2.64 bits per heavy atom. The molecule has 2 heteroatoms. The highest BCUT2D eigenvalue weighted by molar-refractivity contribution is 4.79. The number of rotatable bonds is 6. The lowest BCUT2D eigenvalue weighted by atomic mass is 9.92. The van der Waals surface area contributed by atoms with Crippen molar-refractivity contribution in [2.45, 2.75) is 46.1 Å². The molecule has 1 fully saturated rings. The Morgan fingerprint density at radius 2 is 2.14 bits per heavy atom. The maximum atomic E-state index is 5.45. The Bertz CT molecular complexity index is 141. The molecular weight excluding hydrogens is 174 g/mol. The Morgan fingerprint density at radius 1 is 1.36 bits per heavy atom. The quantitative estimate of drug-likeness (QED) is 0.709. The minimum Gasteiger partial charge on any atom is -0.381 e. The molecule has 2 atom stereocenters. The number of hydrogen-bond acceptors (Lipinski definition) is 2. The molecule has 2 unspecified atom stereocenters. The first-order valence-corrected chi connectivity index (χ1v) is 6.05. The van der Waals surface area contributed by atoms with Crippen LogP contribution in [0.25, 0.3) is 0 Å². The molecule has 84 valence electrons. The summed E-state index contributed by atoms with van der Waals surface area (Å²) in [6.45, 7) is 9.81. The van der Waals surface area contributed by atoms with Crippen LogP contribution in [0, 0.1) is 11.8 Å². The molecule has 0 saturated carbocycles. The zero-order valence-corrected chi connectivity index (χ0v) is 9.88. The van der Waals surface area contributed by atoms with Crippen LogP contribution in [0.15, 0.2) is 0 Å². The summed E-state index contributed by atoms with van der Waals surface area (Å²) in [7, 11) is 0. The van der Waals surface area contributed by atoms with Crippen molar-refractivity contribution in [1.82, 2.24) is 5.32 Å². The molecule has 14 heavy (non-hydrogen) atoms. The normalized spacial score (nSPS) is 24.4. The van der Waals surface area contributed by atoms with E-state index in [9.17, 15) is 0 Å². The molecule has 1 aliphatic rings. The van der Waals surface area contributed by atoms with Gasteiger partial charge in [-0.15, -0.1) is 0 Å². The summed E-state index contributed by atoms with van der Waals surface area (Å²) >= 11 is 0. The highest BCUT2D eigenvalue weighted by Gasteiger charge is 2.24. The second kappa shape index (κ2) is 6.41. The van der Waals surface area contributed by atoms with Crippen LogP contribution in [0.2, 0.25) is 0 Å². The molecule has 1 rings (SSSR count). The fourth-order valence-corrected chi connectivity index (χ4v) is 2.15. The Hall–Kier alpha value is -0.0800. The van der Waals surface area contributed by atoms with E-state index >= 15 is 0 Å². The second-order valence-electron chi connectivity index (χ2n) is 4.76. The third-order valence-electron chi connectivity index (χ3n) is 3.06. The average Bonchev–Trinajstić information content (AvgIpc) is 2.64. The lowest BCUT2D eigenvalue weighted by Crippen LogP contribution is -2.36. The molecule has 0 spiro atoms. The van der Waals surface area contributed by atoms with E-state index in [2.05, 4.69) is 26.1 Å². The Labute approximate surface area is 88.4 Å². The monoisotopic (exact) mass is 199 g/mol. The third kappa shape index (κ3) is 3.97. The molecule has 0 amide bonds. The molecular formula is C12H25NO. The van der Waals surface area contributed by atoms with E-state index < -0.39 is 0 Å². The number of hydrogen-bond donors (Lipinski definition) is 1. The molecule has 1 saturated heterocycles. The lowest BCUT2D eigenvalue weighted by Gasteiger charge is -2.24. The maximum absolute atomic E-state index is 5.45. The van der Waals surface area contributed by atoms with Gasteiger partial charge in [0.05, 0.1) is 6.61 Å². The topological polar surface area (TPSA) is 21.3 Å². The van der Waals surface area contributed by atoms with E-state index in [0.717, 1.165) is 31.6 Å². The van der Waals surface area contributed by atoms with Crippen LogP contribution in [0.4, 0.5) is 0 Å². The molecule has 0 aliphatic carbocycles. The van der Waals surface area contributed by atoms with Crippen molar-refractivity contribution >= 4 is 0 Å². The summed E-state index contributed by atoms with van der Waals surface area (Å²) in [4.78, 5) is 0. The summed E-state index contributed by atoms with van der Waals surface area (Å²) in [5.74, 6) is 1.58. The van der Waals surface area contributed by atoms with Crippen molar-refractivity contribution in [2.75, 3.05) is 19.8 Å². The molecule has 0 aromatic heterocycles.